The highest BCUT2D eigenvalue weighted by atomic mass is 16.6. The van der Waals surface area contributed by atoms with Gasteiger partial charge in [-0.15, -0.1) is 0 Å². The van der Waals surface area contributed by atoms with Crippen LogP contribution in [0, 0.1) is 5.41 Å². The first-order valence-corrected chi connectivity index (χ1v) is 13.3. The third kappa shape index (κ3) is 11.3. The van der Waals surface area contributed by atoms with Gasteiger partial charge in [0.05, 0.1) is 0 Å². The first-order chi connectivity index (χ1) is 18.2. The molecule has 0 unspecified atom stereocenters. The lowest BCUT2D eigenvalue weighted by atomic mass is 9.78. The van der Waals surface area contributed by atoms with Gasteiger partial charge in [0.25, 0.3) is 0 Å². The van der Waals surface area contributed by atoms with Gasteiger partial charge in [-0.25, -0.2) is 0 Å². The average Bonchev–Trinajstić information content (AvgIpc) is 2.85. The van der Waals surface area contributed by atoms with Crippen molar-refractivity contribution >= 4 is 23.8 Å². The van der Waals surface area contributed by atoms with Crippen LogP contribution in [-0.2, 0) is 41.7 Å². The Balaban J connectivity index is 2.24. The zero-order valence-corrected chi connectivity index (χ0v) is 24.0. The molecule has 2 amide bonds. The van der Waals surface area contributed by atoms with Gasteiger partial charge in [-0.2, -0.15) is 0 Å². The van der Waals surface area contributed by atoms with E-state index in [4.69, 9.17) is 9.47 Å². The van der Waals surface area contributed by atoms with Gasteiger partial charge < -0.3 is 20.1 Å². The summed E-state index contributed by atoms with van der Waals surface area (Å²) in [5, 5.41) is 5.65. The molecular formula is C31H42N2O6. The third-order valence-corrected chi connectivity index (χ3v) is 5.80. The lowest BCUT2D eigenvalue weighted by Crippen LogP contribution is -2.48. The van der Waals surface area contributed by atoms with Crippen LogP contribution in [0.4, 0.5) is 0 Å². The second-order valence-electron chi connectivity index (χ2n) is 11.6. The second-order valence-corrected chi connectivity index (χ2v) is 11.6. The summed E-state index contributed by atoms with van der Waals surface area (Å²) in [7, 11) is 0. The normalized spacial score (nSPS) is 11.8. The predicted octanol–water partition coefficient (Wildman–Crippen LogP) is 4.85. The molecule has 2 N–H and O–H groups in total. The van der Waals surface area contributed by atoms with Crippen LogP contribution in [0.5, 0.6) is 0 Å². The smallest absolute Gasteiger partial charge is 0.324 e. The molecule has 0 fully saturated rings. The number of hydrogen-bond acceptors (Lipinski definition) is 6. The molecule has 0 radical (unpaired) electrons. The molecule has 2 rings (SSSR count). The highest BCUT2D eigenvalue weighted by Gasteiger charge is 2.51. The summed E-state index contributed by atoms with van der Waals surface area (Å²) in [6, 6.07) is 18.8. The number of hydrogen-bond donors (Lipinski definition) is 2. The Labute approximate surface area is 231 Å². The van der Waals surface area contributed by atoms with E-state index >= 15 is 0 Å². The summed E-state index contributed by atoms with van der Waals surface area (Å²) in [6.45, 7) is 10.8. The molecule has 0 aliphatic carbocycles. The SMILES string of the molecule is CC(C)(C)OC(=O)C(CCC(=O)NCc1ccccc1)(CCC(=O)NCc1ccccc1)C(=O)OC(C)(C)C. The largest absolute Gasteiger partial charge is 0.459 e. The van der Waals surface area contributed by atoms with Crippen LogP contribution in [0.25, 0.3) is 0 Å². The minimum Gasteiger partial charge on any atom is -0.459 e. The maximum Gasteiger partial charge on any atom is 0.324 e. The van der Waals surface area contributed by atoms with E-state index in [0.29, 0.717) is 13.1 Å². The number of amides is 2. The Morgan fingerprint density at radius 2 is 0.923 bits per heavy atom. The van der Waals surface area contributed by atoms with E-state index in [1.807, 2.05) is 60.7 Å². The van der Waals surface area contributed by atoms with Gasteiger partial charge >= 0.3 is 11.9 Å². The van der Waals surface area contributed by atoms with Crippen LogP contribution in [-0.4, -0.2) is 35.0 Å². The highest BCUT2D eigenvalue weighted by molar-refractivity contribution is 6.01. The Kier molecular flexibility index (Phi) is 11.3. The number of rotatable bonds is 12. The Hall–Kier alpha value is -3.68. The molecule has 0 atom stereocenters. The van der Waals surface area contributed by atoms with E-state index in [1.54, 1.807) is 41.5 Å². The van der Waals surface area contributed by atoms with Crippen LogP contribution in [0.15, 0.2) is 60.7 Å². The van der Waals surface area contributed by atoms with E-state index in [2.05, 4.69) is 10.6 Å². The van der Waals surface area contributed by atoms with Gasteiger partial charge in [-0.1, -0.05) is 60.7 Å². The summed E-state index contributed by atoms with van der Waals surface area (Å²) in [4.78, 5) is 52.8. The van der Waals surface area contributed by atoms with Gasteiger partial charge in [-0.3, -0.25) is 19.2 Å². The van der Waals surface area contributed by atoms with Crippen molar-refractivity contribution in [1.82, 2.24) is 10.6 Å². The van der Waals surface area contributed by atoms with Crippen molar-refractivity contribution < 1.29 is 28.7 Å². The van der Waals surface area contributed by atoms with Gasteiger partial charge in [0.1, 0.15) is 11.2 Å². The van der Waals surface area contributed by atoms with E-state index in [0.717, 1.165) is 11.1 Å². The molecule has 2 aromatic carbocycles. The predicted molar refractivity (Wildman–Crippen MR) is 149 cm³/mol. The zero-order chi connectivity index (χ0) is 29.1. The number of carbonyl (C=O) groups is 4. The van der Waals surface area contributed by atoms with Crippen molar-refractivity contribution in [2.24, 2.45) is 5.41 Å². The summed E-state index contributed by atoms with van der Waals surface area (Å²) in [5.41, 5.74) is -1.78. The highest BCUT2D eigenvalue weighted by Crippen LogP contribution is 2.36. The van der Waals surface area contributed by atoms with Crippen molar-refractivity contribution in [2.45, 2.75) is 91.5 Å². The molecule has 0 aromatic heterocycles. The minimum absolute atomic E-state index is 0.128. The monoisotopic (exact) mass is 538 g/mol. The molecule has 2 aromatic rings. The molecule has 212 valence electrons. The van der Waals surface area contributed by atoms with Crippen molar-refractivity contribution in [1.29, 1.82) is 0 Å². The first-order valence-electron chi connectivity index (χ1n) is 13.3. The zero-order valence-electron chi connectivity index (χ0n) is 24.0. The number of ether oxygens (including phenoxy) is 2. The third-order valence-electron chi connectivity index (χ3n) is 5.80. The Morgan fingerprint density at radius 3 is 1.23 bits per heavy atom. The van der Waals surface area contributed by atoms with Gasteiger partial charge in [0.2, 0.25) is 11.8 Å². The lowest BCUT2D eigenvalue weighted by molar-refractivity contribution is -0.186. The summed E-state index contributed by atoms with van der Waals surface area (Å²) >= 11 is 0. The Morgan fingerprint density at radius 1 is 0.590 bits per heavy atom. The molecular weight excluding hydrogens is 496 g/mol. The van der Waals surface area contributed by atoms with Crippen LogP contribution < -0.4 is 10.6 Å². The van der Waals surface area contributed by atoms with Crippen LogP contribution in [0.3, 0.4) is 0 Å². The maximum atomic E-state index is 13.6. The molecule has 0 aliphatic rings. The van der Waals surface area contributed by atoms with Gasteiger partial charge in [0.15, 0.2) is 5.41 Å². The molecule has 0 aliphatic heterocycles. The van der Waals surface area contributed by atoms with Crippen LogP contribution in [0.1, 0.15) is 78.4 Å². The van der Waals surface area contributed by atoms with E-state index < -0.39 is 28.6 Å². The van der Waals surface area contributed by atoms with E-state index in [-0.39, 0.29) is 37.5 Å². The quantitative estimate of drug-likeness (QED) is 0.295. The number of esters is 2. The fourth-order valence-corrected chi connectivity index (χ4v) is 3.79. The van der Waals surface area contributed by atoms with E-state index in [9.17, 15) is 19.2 Å². The summed E-state index contributed by atoms with van der Waals surface area (Å²) < 4.78 is 11.3. The molecule has 8 nitrogen and oxygen atoms in total. The summed E-state index contributed by atoms with van der Waals surface area (Å²) in [5.74, 6) is -2.28. The number of nitrogens with one attached hydrogen (secondary N) is 2. The minimum atomic E-state index is -1.84. The molecule has 8 heteroatoms. The fourth-order valence-electron chi connectivity index (χ4n) is 3.79. The van der Waals surface area contributed by atoms with Gasteiger partial charge in [0, 0.05) is 25.9 Å². The van der Waals surface area contributed by atoms with Crippen molar-refractivity contribution in [3.05, 3.63) is 71.8 Å². The standard InChI is InChI=1S/C31H42N2O6/c1-29(2,3)38-27(36)31(28(37)39-30(4,5)6,19-17-25(34)32-21-23-13-9-7-10-14-23)20-18-26(35)33-22-24-15-11-8-12-16-24/h7-16H,17-22H2,1-6H3,(H,32,34)(H,33,35). The number of carbonyl (C=O) groups excluding carboxylic acids is 4. The molecule has 0 heterocycles. The second kappa shape index (κ2) is 13.9. The fraction of sp³-hybridized carbons (Fsp3) is 0.484. The van der Waals surface area contributed by atoms with Gasteiger partial charge in [-0.05, 0) is 65.5 Å². The Bertz CT molecular complexity index is 1010. The maximum absolute atomic E-state index is 13.6. The lowest BCUT2D eigenvalue weighted by Gasteiger charge is -2.34. The van der Waals surface area contributed by atoms with Crippen molar-refractivity contribution in [3.63, 3.8) is 0 Å². The first kappa shape index (κ1) is 31.5. The average molecular weight is 539 g/mol. The van der Waals surface area contributed by atoms with Crippen molar-refractivity contribution in [3.8, 4) is 0 Å². The molecule has 0 saturated carbocycles. The number of benzene rings is 2. The molecule has 0 bridgehead atoms. The van der Waals surface area contributed by atoms with E-state index in [1.165, 1.54) is 0 Å². The molecule has 0 saturated heterocycles. The van der Waals surface area contributed by atoms with Crippen LogP contribution in [0.2, 0.25) is 0 Å². The van der Waals surface area contributed by atoms with Crippen molar-refractivity contribution in [2.75, 3.05) is 0 Å². The topological polar surface area (TPSA) is 111 Å². The van der Waals surface area contributed by atoms with Crippen LogP contribution >= 0.6 is 0 Å². The summed E-state index contributed by atoms with van der Waals surface area (Å²) in [6.07, 6.45) is -0.583. The molecule has 0 spiro atoms. The molecule has 39 heavy (non-hydrogen) atoms.